The van der Waals surface area contributed by atoms with Gasteiger partial charge in [0, 0.05) is 18.7 Å². The molecule has 2 heterocycles. The van der Waals surface area contributed by atoms with Crippen LogP contribution in [0.5, 0.6) is 0 Å². The average Bonchev–Trinajstić information content (AvgIpc) is 2.88. The van der Waals surface area contributed by atoms with Crippen molar-refractivity contribution < 1.29 is 14.3 Å². The van der Waals surface area contributed by atoms with E-state index in [1.54, 1.807) is 18.4 Å². The SMILES string of the molecule is CC(CC(O)c1ccco1)NC1CCOC1. The molecule has 0 radical (unpaired) electrons. The van der Waals surface area contributed by atoms with Crippen molar-refractivity contribution in [3.05, 3.63) is 24.2 Å². The Morgan fingerprint density at radius 2 is 2.50 bits per heavy atom. The molecule has 0 saturated carbocycles. The van der Waals surface area contributed by atoms with Crippen LogP contribution in [0.2, 0.25) is 0 Å². The average molecular weight is 225 g/mol. The van der Waals surface area contributed by atoms with Gasteiger partial charge in [0.1, 0.15) is 11.9 Å². The maximum Gasteiger partial charge on any atom is 0.132 e. The molecule has 3 unspecified atom stereocenters. The second-order valence-corrected chi connectivity index (χ2v) is 4.40. The van der Waals surface area contributed by atoms with Crippen molar-refractivity contribution in [3.63, 3.8) is 0 Å². The van der Waals surface area contributed by atoms with Crippen LogP contribution in [0.3, 0.4) is 0 Å². The fourth-order valence-corrected chi connectivity index (χ4v) is 2.07. The van der Waals surface area contributed by atoms with Crippen molar-refractivity contribution in [2.24, 2.45) is 0 Å². The van der Waals surface area contributed by atoms with E-state index in [2.05, 4.69) is 12.2 Å². The first kappa shape index (κ1) is 11.6. The van der Waals surface area contributed by atoms with Crippen LogP contribution < -0.4 is 5.32 Å². The van der Waals surface area contributed by atoms with E-state index >= 15 is 0 Å². The van der Waals surface area contributed by atoms with Gasteiger partial charge in [-0.3, -0.25) is 0 Å². The molecule has 3 atom stereocenters. The van der Waals surface area contributed by atoms with Gasteiger partial charge in [-0.15, -0.1) is 0 Å². The van der Waals surface area contributed by atoms with Gasteiger partial charge in [-0.25, -0.2) is 0 Å². The Kier molecular flexibility index (Phi) is 3.98. The Labute approximate surface area is 95.6 Å². The van der Waals surface area contributed by atoms with Gasteiger partial charge in [0.15, 0.2) is 0 Å². The number of furan rings is 1. The number of ether oxygens (including phenoxy) is 1. The minimum Gasteiger partial charge on any atom is -0.467 e. The van der Waals surface area contributed by atoms with E-state index in [0.29, 0.717) is 18.2 Å². The van der Waals surface area contributed by atoms with E-state index in [0.717, 1.165) is 19.6 Å². The van der Waals surface area contributed by atoms with Crippen LogP contribution in [-0.4, -0.2) is 30.4 Å². The summed E-state index contributed by atoms with van der Waals surface area (Å²) in [6.45, 7) is 3.69. The molecule has 0 aliphatic carbocycles. The van der Waals surface area contributed by atoms with Crippen LogP contribution in [0.1, 0.15) is 31.6 Å². The molecule has 1 aromatic rings. The smallest absolute Gasteiger partial charge is 0.132 e. The second kappa shape index (κ2) is 5.48. The fraction of sp³-hybridized carbons (Fsp3) is 0.667. The zero-order valence-electron chi connectivity index (χ0n) is 9.56. The van der Waals surface area contributed by atoms with Gasteiger partial charge in [-0.2, -0.15) is 0 Å². The predicted octanol–water partition coefficient (Wildman–Crippen LogP) is 1.47. The molecule has 16 heavy (non-hydrogen) atoms. The summed E-state index contributed by atoms with van der Waals surface area (Å²) in [5.41, 5.74) is 0. The van der Waals surface area contributed by atoms with Crippen molar-refractivity contribution >= 4 is 0 Å². The van der Waals surface area contributed by atoms with Gasteiger partial charge in [0.25, 0.3) is 0 Å². The van der Waals surface area contributed by atoms with Gasteiger partial charge in [0.05, 0.1) is 12.9 Å². The van der Waals surface area contributed by atoms with Crippen LogP contribution in [-0.2, 0) is 4.74 Å². The van der Waals surface area contributed by atoms with E-state index in [1.807, 2.05) is 0 Å². The third kappa shape index (κ3) is 3.07. The molecule has 90 valence electrons. The number of nitrogens with one attached hydrogen (secondary N) is 1. The number of aliphatic hydroxyl groups excluding tert-OH is 1. The summed E-state index contributed by atoms with van der Waals surface area (Å²) in [7, 11) is 0. The van der Waals surface area contributed by atoms with E-state index in [1.165, 1.54) is 0 Å². The van der Waals surface area contributed by atoms with E-state index in [-0.39, 0.29) is 6.04 Å². The molecule has 0 bridgehead atoms. The van der Waals surface area contributed by atoms with Crippen LogP contribution >= 0.6 is 0 Å². The summed E-state index contributed by atoms with van der Waals surface area (Å²) >= 11 is 0. The topological polar surface area (TPSA) is 54.6 Å². The first-order valence-corrected chi connectivity index (χ1v) is 5.81. The molecular weight excluding hydrogens is 206 g/mol. The third-order valence-corrected chi connectivity index (χ3v) is 2.90. The maximum absolute atomic E-state index is 9.89. The van der Waals surface area contributed by atoms with Crippen LogP contribution in [0.4, 0.5) is 0 Å². The molecule has 0 aromatic carbocycles. The zero-order chi connectivity index (χ0) is 11.4. The number of hydrogen-bond acceptors (Lipinski definition) is 4. The standard InChI is InChI=1S/C12H19NO3/c1-9(13-10-4-6-15-8-10)7-11(14)12-3-2-5-16-12/h2-3,5,9-11,13-14H,4,6-8H2,1H3. The summed E-state index contributed by atoms with van der Waals surface area (Å²) in [6.07, 6.45) is 2.77. The largest absolute Gasteiger partial charge is 0.467 e. The molecule has 4 heteroatoms. The Balaban J connectivity index is 1.75. The van der Waals surface area contributed by atoms with Crippen molar-refractivity contribution in [2.75, 3.05) is 13.2 Å². The highest BCUT2D eigenvalue weighted by molar-refractivity contribution is 5.02. The van der Waals surface area contributed by atoms with E-state index in [9.17, 15) is 5.11 Å². The van der Waals surface area contributed by atoms with Crippen molar-refractivity contribution in [2.45, 2.75) is 38.0 Å². The van der Waals surface area contributed by atoms with Crippen molar-refractivity contribution in [1.82, 2.24) is 5.32 Å². The third-order valence-electron chi connectivity index (χ3n) is 2.90. The molecule has 1 aromatic heterocycles. The highest BCUT2D eigenvalue weighted by Crippen LogP contribution is 2.19. The van der Waals surface area contributed by atoms with E-state index < -0.39 is 6.10 Å². The second-order valence-electron chi connectivity index (χ2n) is 4.40. The summed E-state index contributed by atoms with van der Waals surface area (Å²) in [4.78, 5) is 0. The Morgan fingerprint density at radius 3 is 3.12 bits per heavy atom. The Hall–Kier alpha value is -0.840. The first-order valence-electron chi connectivity index (χ1n) is 5.81. The molecule has 2 rings (SSSR count). The monoisotopic (exact) mass is 225 g/mol. The van der Waals surface area contributed by atoms with Gasteiger partial charge in [0.2, 0.25) is 0 Å². The normalized spacial score (nSPS) is 24.5. The first-order chi connectivity index (χ1) is 7.75. The molecule has 0 amide bonds. The van der Waals surface area contributed by atoms with E-state index in [4.69, 9.17) is 9.15 Å². The lowest BCUT2D eigenvalue weighted by molar-refractivity contribution is 0.125. The maximum atomic E-state index is 9.89. The number of hydrogen-bond donors (Lipinski definition) is 2. The van der Waals surface area contributed by atoms with Crippen LogP contribution in [0.25, 0.3) is 0 Å². The zero-order valence-corrected chi connectivity index (χ0v) is 9.56. The quantitative estimate of drug-likeness (QED) is 0.796. The van der Waals surface area contributed by atoms with Crippen molar-refractivity contribution in [1.29, 1.82) is 0 Å². The highest BCUT2D eigenvalue weighted by atomic mass is 16.5. The Morgan fingerprint density at radius 1 is 1.62 bits per heavy atom. The molecule has 4 nitrogen and oxygen atoms in total. The van der Waals surface area contributed by atoms with Gasteiger partial charge in [-0.05, 0) is 31.9 Å². The van der Waals surface area contributed by atoms with Crippen LogP contribution in [0, 0.1) is 0 Å². The van der Waals surface area contributed by atoms with Gasteiger partial charge in [-0.1, -0.05) is 0 Å². The lowest BCUT2D eigenvalue weighted by Gasteiger charge is -2.20. The lowest BCUT2D eigenvalue weighted by Crippen LogP contribution is -2.37. The minimum atomic E-state index is -0.528. The Bertz CT molecular complexity index is 293. The molecule has 0 spiro atoms. The minimum absolute atomic E-state index is 0.256. The van der Waals surface area contributed by atoms with Gasteiger partial charge < -0.3 is 19.6 Å². The predicted molar refractivity (Wildman–Crippen MR) is 60.1 cm³/mol. The summed E-state index contributed by atoms with van der Waals surface area (Å²) in [6, 6.07) is 4.28. The molecule has 1 aliphatic heterocycles. The number of rotatable bonds is 5. The van der Waals surface area contributed by atoms with Gasteiger partial charge >= 0.3 is 0 Å². The lowest BCUT2D eigenvalue weighted by atomic mass is 10.1. The molecule has 2 N–H and O–H groups in total. The molecule has 1 saturated heterocycles. The summed E-state index contributed by atoms with van der Waals surface area (Å²) in [5, 5.41) is 13.3. The van der Waals surface area contributed by atoms with Crippen molar-refractivity contribution in [3.8, 4) is 0 Å². The fourth-order valence-electron chi connectivity index (χ4n) is 2.07. The highest BCUT2D eigenvalue weighted by Gasteiger charge is 2.20. The molecule has 1 fully saturated rings. The summed E-state index contributed by atoms with van der Waals surface area (Å²) < 4.78 is 10.5. The summed E-state index contributed by atoms with van der Waals surface area (Å²) in [5.74, 6) is 0.635. The number of aliphatic hydroxyl groups is 1. The molecule has 1 aliphatic rings. The molecular formula is C12H19NO3. The van der Waals surface area contributed by atoms with Crippen LogP contribution in [0.15, 0.2) is 22.8 Å².